The predicted molar refractivity (Wildman–Crippen MR) is 120 cm³/mol. The van der Waals surface area contributed by atoms with Crippen molar-refractivity contribution in [3.63, 3.8) is 0 Å². The van der Waals surface area contributed by atoms with E-state index in [1.165, 1.54) is 6.92 Å². The van der Waals surface area contributed by atoms with E-state index in [1.807, 2.05) is 30.0 Å². The number of pyridine rings is 1. The molecule has 1 aromatic heterocycles. The Kier molecular flexibility index (Phi) is 6.48. The van der Waals surface area contributed by atoms with Gasteiger partial charge in [0.25, 0.3) is 5.91 Å². The van der Waals surface area contributed by atoms with Gasteiger partial charge in [0.1, 0.15) is 6.04 Å². The van der Waals surface area contributed by atoms with Crippen molar-refractivity contribution >= 4 is 23.4 Å². The zero-order chi connectivity index (χ0) is 22.7. The summed E-state index contributed by atoms with van der Waals surface area (Å²) in [5.74, 6) is -0.224. The fourth-order valence-corrected chi connectivity index (χ4v) is 4.14. The van der Waals surface area contributed by atoms with Gasteiger partial charge in [0.2, 0.25) is 11.8 Å². The number of piperazine rings is 1. The number of rotatable bonds is 4. The number of carbonyl (C=O) groups is 3. The molecule has 2 unspecified atom stereocenters. The van der Waals surface area contributed by atoms with E-state index in [-0.39, 0.29) is 29.8 Å². The molecule has 2 aliphatic heterocycles. The number of anilines is 1. The van der Waals surface area contributed by atoms with Gasteiger partial charge in [-0.15, -0.1) is 0 Å². The average molecular weight is 437 g/mol. The van der Waals surface area contributed by atoms with Crippen molar-refractivity contribution in [3.8, 4) is 0 Å². The largest absolute Gasteiger partial charge is 0.338 e. The lowest BCUT2D eigenvalue weighted by atomic mass is 10.0. The van der Waals surface area contributed by atoms with Crippen LogP contribution in [0, 0.1) is 6.92 Å². The Bertz CT molecular complexity index is 1000. The molecule has 4 rings (SSSR count). The van der Waals surface area contributed by atoms with Crippen molar-refractivity contribution < 1.29 is 14.4 Å². The second kappa shape index (κ2) is 9.46. The molecule has 9 nitrogen and oxygen atoms in total. The lowest BCUT2D eigenvalue weighted by molar-refractivity contribution is -0.134. The van der Waals surface area contributed by atoms with E-state index in [0.29, 0.717) is 43.9 Å². The number of aryl methyl sites for hydroxylation is 1. The molecule has 2 atom stereocenters. The summed E-state index contributed by atoms with van der Waals surface area (Å²) in [6, 6.07) is 8.97. The molecule has 3 N–H and O–H groups in total. The van der Waals surface area contributed by atoms with E-state index in [2.05, 4.69) is 21.2 Å². The molecule has 2 fully saturated rings. The zero-order valence-electron chi connectivity index (χ0n) is 18.3. The highest BCUT2D eigenvalue weighted by Gasteiger charge is 2.34. The molecule has 2 aromatic rings. The first kappa shape index (κ1) is 21.9. The third-order valence-electron chi connectivity index (χ3n) is 5.98. The van der Waals surface area contributed by atoms with Crippen LogP contribution in [0.15, 0.2) is 42.7 Å². The predicted octanol–water partition coefficient (Wildman–Crippen LogP) is 1.24. The van der Waals surface area contributed by atoms with E-state index in [0.717, 1.165) is 11.1 Å². The minimum absolute atomic E-state index is 0.0458. The Hall–Kier alpha value is -3.30. The van der Waals surface area contributed by atoms with Crippen LogP contribution in [-0.2, 0) is 9.59 Å². The number of benzene rings is 1. The minimum atomic E-state index is -0.298. The molecule has 0 spiro atoms. The third-order valence-corrected chi connectivity index (χ3v) is 5.98. The quantitative estimate of drug-likeness (QED) is 0.666. The van der Waals surface area contributed by atoms with Crippen LogP contribution in [0.2, 0.25) is 0 Å². The fraction of sp³-hybridized carbons (Fsp3) is 0.391. The zero-order valence-corrected chi connectivity index (χ0v) is 18.3. The van der Waals surface area contributed by atoms with Crippen LogP contribution >= 0.6 is 0 Å². The maximum absolute atomic E-state index is 13.0. The average Bonchev–Trinajstić information content (AvgIpc) is 3.30. The number of hydrazine groups is 1. The summed E-state index contributed by atoms with van der Waals surface area (Å²) >= 11 is 0. The molecular formula is C23H28N6O3. The first-order chi connectivity index (χ1) is 15.4. The Labute approximate surface area is 187 Å². The Morgan fingerprint density at radius 2 is 1.69 bits per heavy atom. The molecule has 0 saturated carbocycles. The van der Waals surface area contributed by atoms with E-state index in [1.54, 1.807) is 29.4 Å². The van der Waals surface area contributed by atoms with Gasteiger partial charge in [-0.3, -0.25) is 19.4 Å². The van der Waals surface area contributed by atoms with Crippen LogP contribution in [0.1, 0.15) is 40.9 Å². The molecule has 32 heavy (non-hydrogen) atoms. The normalized spacial score (nSPS) is 20.8. The molecule has 9 heteroatoms. The van der Waals surface area contributed by atoms with Crippen molar-refractivity contribution in [2.75, 3.05) is 31.5 Å². The highest BCUT2D eigenvalue weighted by Crippen LogP contribution is 2.23. The third kappa shape index (κ3) is 4.79. The number of hydrogen-bond donors (Lipinski definition) is 3. The summed E-state index contributed by atoms with van der Waals surface area (Å²) in [5, 5.41) is 2.76. The van der Waals surface area contributed by atoms with Crippen LogP contribution in [-0.4, -0.2) is 64.7 Å². The fourth-order valence-electron chi connectivity index (χ4n) is 4.14. The second-order valence-electron chi connectivity index (χ2n) is 8.24. The molecule has 2 aliphatic rings. The molecule has 168 valence electrons. The van der Waals surface area contributed by atoms with Gasteiger partial charge in [-0.1, -0.05) is 6.07 Å². The lowest BCUT2D eigenvalue weighted by Gasteiger charge is -2.36. The monoisotopic (exact) mass is 436 g/mol. The number of nitrogens with zero attached hydrogens (tertiary/aromatic N) is 3. The van der Waals surface area contributed by atoms with Gasteiger partial charge in [0.15, 0.2) is 0 Å². The molecule has 1 aromatic carbocycles. The number of aromatic nitrogens is 1. The molecule has 0 bridgehead atoms. The summed E-state index contributed by atoms with van der Waals surface area (Å²) in [6.07, 6.45) is 4.16. The minimum Gasteiger partial charge on any atom is -0.338 e. The maximum Gasteiger partial charge on any atom is 0.254 e. The molecule has 2 saturated heterocycles. The number of nitrogens with one attached hydrogen (secondary N) is 3. The number of amides is 3. The highest BCUT2D eigenvalue weighted by molar-refractivity contribution is 5.97. The first-order valence-corrected chi connectivity index (χ1v) is 10.8. The Morgan fingerprint density at radius 3 is 2.38 bits per heavy atom. The van der Waals surface area contributed by atoms with Crippen LogP contribution in [0.25, 0.3) is 0 Å². The summed E-state index contributed by atoms with van der Waals surface area (Å²) < 4.78 is 0. The summed E-state index contributed by atoms with van der Waals surface area (Å²) in [4.78, 5) is 44.9. The van der Waals surface area contributed by atoms with Crippen LogP contribution < -0.4 is 16.2 Å². The Morgan fingerprint density at radius 1 is 1.00 bits per heavy atom. The van der Waals surface area contributed by atoms with Gasteiger partial charge in [-0.25, -0.2) is 10.9 Å². The maximum atomic E-state index is 13.0. The summed E-state index contributed by atoms with van der Waals surface area (Å²) in [6.45, 7) is 5.26. The molecule has 0 radical (unpaired) electrons. The van der Waals surface area contributed by atoms with Crippen molar-refractivity contribution in [3.05, 3.63) is 59.4 Å². The standard InChI is InChI=1S/C23H28N6O3/c1-15-3-4-18(13-19(15)25-16(2)30)22(31)28-9-11-29(12-10-28)23(32)21-14-20(26-27-21)17-5-7-24-8-6-17/h3-8,13,20-21,26-27H,9-12,14H2,1-2H3,(H,25,30). The van der Waals surface area contributed by atoms with Crippen LogP contribution in [0.4, 0.5) is 5.69 Å². The van der Waals surface area contributed by atoms with Gasteiger partial charge < -0.3 is 15.1 Å². The van der Waals surface area contributed by atoms with Crippen molar-refractivity contribution in [2.24, 2.45) is 0 Å². The van der Waals surface area contributed by atoms with Crippen molar-refractivity contribution in [1.82, 2.24) is 25.6 Å². The van der Waals surface area contributed by atoms with Crippen molar-refractivity contribution in [1.29, 1.82) is 0 Å². The Balaban J connectivity index is 1.33. The summed E-state index contributed by atoms with van der Waals surface area (Å²) in [5.41, 5.74) is 9.47. The molecule has 3 amide bonds. The topological polar surface area (TPSA) is 107 Å². The van der Waals surface area contributed by atoms with Gasteiger partial charge in [-0.05, 0) is 48.7 Å². The van der Waals surface area contributed by atoms with E-state index in [4.69, 9.17) is 0 Å². The van der Waals surface area contributed by atoms with Crippen LogP contribution in [0.5, 0.6) is 0 Å². The van der Waals surface area contributed by atoms with E-state index in [9.17, 15) is 14.4 Å². The second-order valence-corrected chi connectivity index (χ2v) is 8.24. The van der Waals surface area contributed by atoms with Gasteiger partial charge in [0, 0.05) is 62.8 Å². The van der Waals surface area contributed by atoms with Crippen molar-refractivity contribution in [2.45, 2.75) is 32.4 Å². The summed E-state index contributed by atoms with van der Waals surface area (Å²) in [7, 11) is 0. The van der Waals surface area contributed by atoms with E-state index < -0.39 is 0 Å². The van der Waals surface area contributed by atoms with E-state index >= 15 is 0 Å². The SMILES string of the molecule is CC(=O)Nc1cc(C(=O)N2CCN(C(=O)C3CC(c4ccncc4)NN3)CC2)ccc1C. The first-order valence-electron chi connectivity index (χ1n) is 10.8. The smallest absolute Gasteiger partial charge is 0.254 e. The molecule has 0 aliphatic carbocycles. The van der Waals surface area contributed by atoms with Crippen LogP contribution in [0.3, 0.4) is 0 Å². The van der Waals surface area contributed by atoms with Gasteiger partial charge in [-0.2, -0.15) is 0 Å². The lowest BCUT2D eigenvalue weighted by Crippen LogP contribution is -2.54. The molecule has 3 heterocycles. The highest BCUT2D eigenvalue weighted by atomic mass is 16.2. The number of hydrogen-bond acceptors (Lipinski definition) is 6. The molecular weight excluding hydrogens is 408 g/mol. The number of carbonyl (C=O) groups excluding carboxylic acids is 3. The van der Waals surface area contributed by atoms with Gasteiger partial charge in [0.05, 0.1) is 0 Å². The van der Waals surface area contributed by atoms with Gasteiger partial charge >= 0.3 is 0 Å².